The molecule has 0 spiro atoms. The number of hydrogen-bond donors (Lipinski definition) is 1. The topological polar surface area (TPSA) is 42.1 Å². The Balaban J connectivity index is 2.02. The van der Waals surface area contributed by atoms with Crippen molar-refractivity contribution in [1.82, 2.24) is 4.98 Å². The van der Waals surface area contributed by atoms with Gasteiger partial charge in [-0.1, -0.05) is 18.5 Å². The molecule has 1 aromatic heterocycles. The van der Waals surface area contributed by atoms with E-state index in [0.717, 1.165) is 42.0 Å². The normalized spacial score (nSPS) is 23.2. The fraction of sp³-hybridized carbons (Fsp3) is 0.400. The highest BCUT2D eigenvalue weighted by Gasteiger charge is 2.33. The number of rotatable bonds is 2. The van der Waals surface area contributed by atoms with E-state index in [1.165, 1.54) is 5.69 Å². The molecule has 4 heteroatoms. The quantitative estimate of drug-likeness (QED) is 0.916. The van der Waals surface area contributed by atoms with Gasteiger partial charge in [-0.05, 0) is 42.6 Å². The molecular weight excluding hydrogens is 258 g/mol. The Hall–Kier alpha value is -1.32. The van der Waals surface area contributed by atoms with Crippen LogP contribution in [0.3, 0.4) is 0 Å². The maximum Gasteiger partial charge on any atom is 0.0737 e. The van der Waals surface area contributed by atoms with Gasteiger partial charge in [-0.25, -0.2) is 0 Å². The Bertz CT molecular complexity index is 613. The number of benzene rings is 1. The van der Waals surface area contributed by atoms with E-state index in [4.69, 9.17) is 17.3 Å². The van der Waals surface area contributed by atoms with E-state index < -0.39 is 0 Å². The summed E-state index contributed by atoms with van der Waals surface area (Å²) < 4.78 is 0. The molecule has 0 amide bonds. The van der Waals surface area contributed by atoms with E-state index >= 15 is 0 Å². The average Bonchev–Trinajstić information content (AvgIpc) is 2.81. The molecular formula is C15H18ClN3. The van der Waals surface area contributed by atoms with Gasteiger partial charge in [-0.15, -0.1) is 0 Å². The monoisotopic (exact) mass is 275 g/mol. The summed E-state index contributed by atoms with van der Waals surface area (Å²) in [5.41, 5.74) is 8.29. The number of nitrogens with two attached hydrogens (primary N) is 1. The molecule has 1 aromatic carbocycles. The molecule has 100 valence electrons. The summed E-state index contributed by atoms with van der Waals surface area (Å²) in [5.74, 6) is 0. The molecule has 0 aliphatic carbocycles. The van der Waals surface area contributed by atoms with Gasteiger partial charge in [-0.3, -0.25) is 4.98 Å². The number of halogens is 1. The van der Waals surface area contributed by atoms with Gasteiger partial charge in [0.15, 0.2) is 0 Å². The minimum atomic E-state index is 0.224. The number of hydrogen-bond acceptors (Lipinski definition) is 3. The largest absolute Gasteiger partial charge is 0.370 e. The van der Waals surface area contributed by atoms with Crippen molar-refractivity contribution >= 4 is 28.2 Å². The maximum atomic E-state index is 6.03. The van der Waals surface area contributed by atoms with E-state index in [1.807, 2.05) is 18.3 Å². The van der Waals surface area contributed by atoms with E-state index in [1.54, 1.807) is 0 Å². The van der Waals surface area contributed by atoms with Gasteiger partial charge in [0.2, 0.25) is 0 Å². The number of aromatic nitrogens is 1. The fourth-order valence-corrected chi connectivity index (χ4v) is 2.94. The molecule has 2 aromatic rings. The van der Waals surface area contributed by atoms with Gasteiger partial charge in [-0.2, -0.15) is 0 Å². The highest BCUT2D eigenvalue weighted by molar-refractivity contribution is 6.31. The Morgan fingerprint density at radius 2 is 2.26 bits per heavy atom. The lowest BCUT2D eigenvalue weighted by Gasteiger charge is -2.24. The summed E-state index contributed by atoms with van der Waals surface area (Å²) in [6.07, 6.45) is 2.99. The lowest BCUT2D eigenvalue weighted by molar-refractivity contribution is 0.383. The van der Waals surface area contributed by atoms with Crippen LogP contribution >= 0.6 is 11.6 Å². The first-order valence-electron chi connectivity index (χ1n) is 6.61. The summed E-state index contributed by atoms with van der Waals surface area (Å²) >= 11 is 6.03. The number of anilines is 1. The van der Waals surface area contributed by atoms with Crippen LogP contribution in [-0.2, 0) is 0 Å². The Kier molecular flexibility index (Phi) is 3.11. The molecule has 0 saturated carbocycles. The summed E-state index contributed by atoms with van der Waals surface area (Å²) in [6.45, 7) is 5.05. The molecule has 19 heavy (non-hydrogen) atoms. The molecule has 1 fully saturated rings. The van der Waals surface area contributed by atoms with Gasteiger partial charge in [0, 0.05) is 35.4 Å². The maximum absolute atomic E-state index is 6.03. The van der Waals surface area contributed by atoms with E-state index in [0.29, 0.717) is 0 Å². The summed E-state index contributed by atoms with van der Waals surface area (Å²) in [6, 6.07) is 7.97. The first kappa shape index (κ1) is 12.7. The molecule has 0 bridgehead atoms. The fourth-order valence-electron chi connectivity index (χ4n) is 2.78. The molecule has 3 rings (SSSR count). The van der Waals surface area contributed by atoms with Crippen molar-refractivity contribution in [3.63, 3.8) is 0 Å². The Morgan fingerprint density at radius 3 is 3.00 bits per heavy atom. The molecule has 2 N–H and O–H groups in total. The van der Waals surface area contributed by atoms with Crippen molar-refractivity contribution in [3.8, 4) is 0 Å². The average molecular weight is 276 g/mol. The van der Waals surface area contributed by atoms with Crippen LogP contribution in [0.1, 0.15) is 13.3 Å². The van der Waals surface area contributed by atoms with Crippen LogP contribution in [0.5, 0.6) is 0 Å². The minimum Gasteiger partial charge on any atom is -0.370 e. The van der Waals surface area contributed by atoms with Crippen LogP contribution in [0.2, 0.25) is 5.02 Å². The van der Waals surface area contributed by atoms with Gasteiger partial charge in [0.05, 0.1) is 5.52 Å². The zero-order chi connectivity index (χ0) is 13.5. The molecule has 1 aliphatic rings. The third-order valence-corrected chi connectivity index (χ3v) is 4.31. The van der Waals surface area contributed by atoms with Crippen molar-refractivity contribution in [2.45, 2.75) is 13.3 Å². The van der Waals surface area contributed by atoms with Crippen LogP contribution in [0, 0.1) is 5.41 Å². The zero-order valence-corrected chi connectivity index (χ0v) is 11.8. The lowest BCUT2D eigenvalue weighted by Crippen LogP contribution is -2.31. The number of pyridine rings is 1. The Morgan fingerprint density at radius 1 is 1.42 bits per heavy atom. The number of nitrogens with zero attached hydrogens (tertiary/aromatic N) is 2. The third-order valence-electron chi connectivity index (χ3n) is 4.07. The van der Waals surface area contributed by atoms with Gasteiger partial charge in [0.1, 0.15) is 0 Å². The van der Waals surface area contributed by atoms with Crippen molar-refractivity contribution in [2.75, 3.05) is 24.5 Å². The lowest BCUT2D eigenvalue weighted by atomic mass is 9.90. The van der Waals surface area contributed by atoms with Crippen LogP contribution in [0.15, 0.2) is 30.5 Å². The van der Waals surface area contributed by atoms with E-state index in [9.17, 15) is 0 Å². The van der Waals surface area contributed by atoms with E-state index in [2.05, 4.69) is 28.9 Å². The SMILES string of the molecule is CC1(CN)CCN(c2ccnc3cc(Cl)ccc23)C1. The first-order chi connectivity index (χ1) is 9.11. The molecule has 0 radical (unpaired) electrons. The Labute approximate surface area is 118 Å². The highest BCUT2D eigenvalue weighted by atomic mass is 35.5. The zero-order valence-electron chi connectivity index (χ0n) is 11.1. The molecule has 1 unspecified atom stereocenters. The van der Waals surface area contributed by atoms with Gasteiger partial charge >= 0.3 is 0 Å². The molecule has 1 atom stereocenters. The molecule has 2 heterocycles. The van der Waals surface area contributed by atoms with Crippen LogP contribution < -0.4 is 10.6 Å². The highest BCUT2D eigenvalue weighted by Crippen LogP contribution is 2.35. The van der Waals surface area contributed by atoms with E-state index in [-0.39, 0.29) is 5.41 Å². The van der Waals surface area contributed by atoms with Crippen LogP contribution in [0.25, 0.3) is 10.9 Å². The van der Waals surface area contributed by atoms with Crippen LogP contribution in [0.4, 0.5) is 5.69 Å². The van der Waals surface area contributed by atoms with Crippen molar-refractivity contribution in [2.24, 2.45) is 11.1 Å². The van der Waals surface area contributed by atoms with Crippen LogP contribution in [-0.4, -0.2) is 24.6 Å². The molecule has 3 nitrogen and oxygen atoms in total. The van der Waals surface area contributed by atoms with Crippen molar-refractivity contribution < 1.29 is 0 Å². The summed E-state index contributed by atoms with van der Waals surface area (Å²) in [4.78, 5) is 6.80. The number of fused-ring (bicyclic) bond motifs is 1. The molecule has 1 saturated heterocycles. The second-order valence-corrected chi connectivity index (χ2v) is 6.11. The summed E-state index contributed by atoms with van der Waals surface area (Å²) in [5, 5.41) is 1.89. The predicted molar refractivity (Wildman–Crippen MR) is 80.7 cm³/mol. The van der Waals surface area contributed by atoms with Crippen molar-refractivity contribution in [1.29, 1.82) is 0 Å². The smallest absolute Gasteiger partial charge is 0.0737 e. The second-order valence-electron chi connectivity index (χ2n) is 5.68. The first-order valence-corrected chi connectivity index (χ1v) is 6.98. The van der Waals surface area contributed by atoms with Gasteiger partial charge < -0.3 is 10.6 Å². The summed E-state index contributed by atoms with van der Waals surface area (Å²) in [7, 11) is 0. The second kappa shape index (κ2) is 4.66. The minimum absolute atomic E-state index is 0.224. The van der Waals surface area contributed by atoms with Crippen molar-refractivity contribution in [3.05, 3.63) is 35.5 Å². The molecule has 1 aliphatic heterocycles. The van der Waals surface area contributed by atoms with Gasteiger partial charge in [0.25, 0.3) is 0 Å². The third kappa shape index (κ3) is 2.28. The standard InChI is InChI=1S/C15H18ClN3/c1-15(9-17)5-7-19(10-15)14-4-6-18-13-8-11(16)2-3-12(13)14/h2-4,6,8H,5,7,9-10,17H2,1H3. The predicted octanol–water partition coefficient (Wildman–Crippen LogP) is 3.06.